The van der Waals surface area contributed by atoms with Gasteiger partial charge in [0.1, 0.15) is 5.15 Å². The van der Waals surface area contributed by atoms with Gasteiger partial charge in [-0.15, -0.1) is 0 Å². The number of nitrogens with zero attached hydrogens (tertiary/aromatic N) is 3. The monoisotopic (exact) mass is 153 g/mol. The van der Waals surface area contributed by atoms with Crippen LogP contribution in [0.5, 0.6) is 0 Å². The number of hydrogen-bond donors (Lipinski definition) is 0. The highest BCUT2D eigenvalue weighted by molar-refractivity contribution is 6.29. The quantitative estimate of drug-likeness (QED) is 0.573. The molecule has 2 heterocycles. The van der Waals surface area contributed by atoms with Gasteiger partial charge in [0.15, 0.2) is 5.65 Å². The Bertz CT molecular complexity index is 355. The lowest BCUT2D eigenvalue weighted by molar-refractivity contribution is 1.13. The average Bonchev–Trinajstić information content (AvgIpc) is 2.36. The second-order valence-corrected chi connectivity index (χ2v) is 2.27. The first-order valence-corrected chi connectivity index (χ1v) is 3.18. The lowest BCUT2D eigenvalue weighted by Gasteiger charge is -1.92. The fourth-order valence-corrected chi connectivity index (χ4v) is 1.02. The molecular formula is C6H4ClN3. The summed E-state index contributed by atoms with van der Waals surface area (Å²) in [7, 11) is 0. The first-order chi connectivity index (χ1) is 4.88. The number of hydrogen-bond acceptors (Lipinski definition) is 2. The topological polar surface area (TPSA) is 30.2 Å². The Labute approximate surface area is 62.3 Å². The van der Waals surface area contributed by atoms with Gasteiger partial charge >= 0.3 is 0 Å². The Morgan fingerprint density at radius 1 is 1.40 bits per heavy atom. The predicted molar refractivity (Wildman–Crippen MR) is 38.0 cm³/mol. The zero-order valence-corrected chi connectivity index (χ0v) is 5.78. The summed E-state index contributed by atoms with van der Waals surface area (Å²) in [6, 6.07) is 0. The lowest BCUT2D eigenvalue weighted by atomic mass is 10.7. The van der Waals surface area contributed by atoms with Crippen molar-refractivity contribution in [3.05, 3.63) is 29.9 Å². The van der Waals surface area contributed by atoms with Crippen LogP contribution in [-0.2, 0) is 0 Å². The molecule has 2 rings (SSSR count). The maximum absolute atomic E-state index is 5.76. The molecule has 3 nitrogen and oxygen atoms in total. The van der Waals surface area contributed by atoms with Crippen LogP contribution < -0.4 is 0 Å². The van der Waals surface area contributed by atoms with Crippen molar-refractivity contribution in [1.82, 2.24) is 14.4 Å². The molecule has 0 aliphatic heterocycles. The molecular weight excluding hydrogens is 150 g/mol. The predicted octanol–water partition coefficient (Wildman–Crippen LogP) is 1.38. The van der Waals surface area contributed by atoms with Crippen LogP contribution in [0, 0.1) is 0 Å². The molecule has 0 unspecified atom stereocenters. The number of aromatic nitrogens is 3. The molecule has 0 saturated heterocycles. The zero-order valence-electron chi connectivity index (χ0n) is 5.03. The minimum Gasteiger partial charge on any atom is -0.288 e. The Balaban J connectivity index is 2.95. The van der Waals surface area contributed by atoms with E-state index < -0.39 is 0 Å². The molecule has 2 aromatic heterocycles. The second kappa shape index (κ2) is 1.95. The summed E-state index contributed by atoms with van der Waals surface area (Å²) < 4.78 is 1.76. The van der Waals surface area contributed by atoms with Crippen molar-refractivity contribution >= 4 is 17.2 Å². The van der Waals surface area contributed by atoms with Crippen LogP contribution in [0.2, 0.25) is 5.15 Å². The largest absolute Gasteiger partial charge is 0.288 e. The second-order valence-electron chi connectivity index (χ2n) is 1.89. The molecule has 50 valence electrons. The van der Waals surface area contributed by atoms with Crippen molar-refractivity contribution in [1.29, 1.82) is 0 Å². The van der Waals surface area contributed by atoms with E-state index in [0.717, 1.165) is 5.65 Å². The van der Waals surface area contributed by atoms with Crippen molar-refractivity contribution in [3.8, 4) is 0 Å². The van der Waals surface area contributed by atoms with Gasteiger partial charge in [0.25, 0.3) is 0 Å². The van der Waals surface area contributed by atoms with E-state index in [1.807, 2.05) is 0 Å². The molecule has 0 amide bonds. The molecule has 0 N–H and O–H groups in total. The fourth-order valence-electron chi connectivity index (χ4n) is 0.819. The van der Waals surface area contributed by atoms with Gasteiger partial charge in [0.2, 0.25) is 0 Å². The van der Waals surface area contributed by atoms with Crippen molar-refractivity contribution in [2.45, 2.75) is 0 Å². The van der Waals surface area contributed by atoms with Gasteiger partial charge < -0.3 is 0 Å². The summed E-state index contributed by atoms with van der Waals surface area (Å²) in [5.41, 5.74) is 0.771. The van der Waals surface area contributed by atoms with Crippen LogP contribution in [0.25, 0.3) is 5.65 Å². The van der Waals surface area contributed by atoms with E-state index >= 15 is 0 Å². The Morgan fingerprint density at radius 3 is 3.10 bits per heavy atom. The van der Waals surface area contributed by atoms with E-state index in [9.17, 15) is 0 Å². The van der Waals surface area contributed by atoms with E-state index in [2.05, 4.69) is 9.97 Å². The van der Waals surface area contributed by atoms with Gasteiger partial charge in [-0.25, -0.2) is 4.98 Å². The van der Waals surface area contributed by atoms with E-state index in [0.29, 0.717) is 5.15 Å². The van der Waals surface area contributed by atoms with Crippen LogP contribution >= 0.6 is 11.6 Å². The number of halogens is 1. The van der Waals surface area contributed by atoms with Gasteiger partial charge in [0, 0.05) is 12.4 Å². The van der Waals surface area contributed by atoms with Crippen molar-refractivity contribution in [2.75, 3.05) is 0 Å². The molecule has 0 bridgehead atoms. The van der Waals surface area contributed by atoms with Crippen molar-refractivity contribution < 1.29 is 0 Å². The molecule has 0 fully saturated rings. The Morgan fingerprint density at radius 2 is 2.30 bits per heavy atom. The minimum absolute atomic E-state index is 0.579. The summed E-state index contributed by atoms with van der Waals surface area (Å²) in [5.74, 6) is 0. The average molecular weight is 154 g/mol. The van der Waals surface area contributed by atoms with Gasteiger partial charge in [-0.2, -0.15) is 0 Å². The molecule has 0 aliphatic rings. The van der Waals surface area contributed by atoms with Crippen molar-refractivity contribution in [3.63, 3.8) is 0 Å². The third-order valence-electron chi connectivity index (χ3n) is 1.27. The maximum Gasteiger partial charge on any atom is 0.156 e. The third kappa shape index (κ3) is 0.675. The summed E-state index contributed by atoms with van der Waals surface area (Å²) in [6.45, 7) is 0. The normalized spacial score (nSPS) is 10.5. The van der Waals surface area contributed by atoms with Crippen LogP contribution in [0.15, 0.2) is 24.8 Å². The van der Waals surface area contributed by atoms with E-state index in [4.69, 9.17) is 11.6 Å². The SMILES string of the molecule is Clc1cncc2nccn12. The maximum atomic E-state index is 5.76. The van der Waals surface area contributed by atoms with E-state index in [1.54, 1.807) is 29.2 Å². The molecule has 0 radical (unpaired) electrons. The highest BCUT2D eigenvalue weighted by Crippen LogP contribution is 2.07. The molecule has 0 atom stereocenters. The lowest BCUT2D eigenvalue weighted by Crippen LogP contribution is -1.85. The zero-order chi connectivity index (χ0) is 6.97. The molecule has 0 spiro atoms. The minimum atomic E-state index is 0.579. The first-order valence-electron chi connectivity index (χ1n) is 2.80. The van der Waals surface area contributed by atoms with Crippen LogP contribution in [0.3, 0.4) is 0 Å². The Kier molecular flexibility index (Phi) is 1.11. The molecule has 0 saturated carbocycles. The van der Waals surface area contributed by atoms with E-state index in [1.165, 1.54) is 0 Å². The molecule has 0 aromatic carbocycles. The highest BCUT2D eigenvalue weighted by Gasteiger charge is 1.95. The summed E-state index contributed by atoms with van der Waals surface area (Å²) in [6.07, 6.45) is 6.71. The highest BCUT2D eigenvalue weighted by atomic mass is 35.5. The Hall–Kier alpha value is -1.09. The molecule has 4 heteroatoms. The summed E-state index contributed by atoms with van der Waals surface area (Å²) in [4.78, 5) is 7.86. The molecule has 2 aromatic rings. The van der Waals surface area contributed by atoms with Crippen LogP contribution in [0.4, 0.5) is 0 Å². The summed E-state index contributed by atoms with van der Waals surface area (Å²) >= 11 is 5.76. The van der Waals surface area contributed by atoms with Gasteiger partial charge in [-0.05, 0) is 0 Å². The smallest absolute Gasteiger partial charge is 0.156 e. The van der Waals surface area contributed by atoms with Crippen molar-refractivity contribution in [2.24, 2.45) is 0 Å². The number of fused-ring (bicyclic) bond motifs is 1. The van der Waals surface area contributed by atoms with E-state index in [-0.39, 0.29) is 0 Å². The standard InChI is InChI=1S/C6H4ClN3/c7-5-3-8-4-6-9-1-2-10(5)6/h1-4H. The number of rotatable bonds is 0. The first kappa shape index (κ1) is 5.68. The number of imidazole rings is 1. The van der Waals surface area contributed by atoms with Gasteiger partial charge in [-0.1, -0.05) is 11.6 Å². The summed E-state index contributed by atoms with van der Waals surface area (Å²) in [5, 5.41) is 0.579. The molecule has 0 aliphatic carbocycles. The van der Waals surface area contributed by atoms with Crippen LogP contribution in [-0.4, -0.2) is 14.4 Å². The van der Waals surface area contributed by atoms with Crippen LogP contribution in [0.1, 0.15) is 0 Å². The fraction of sp³-hybridized carbons (Fsp3) is 0. The molecule has 10 heavy (non-hydrogen) atoms. The third-order valence-corrected chi connectivity index (χ3v) is 1.55. The van der Waals surface area contributed by atoms with Gasteiger partial charge in [0.05, 0.1) is 12.4 Å². The van der Waals surface area contributed by atoms with Gasteiger partial charge in [-0.3, -0.25) is 9.38 Å².